The van der Waals surface area contributed by atoms with Crippen molar-refractivity contribution in [2.75, 3.05) is 13.7 Å². The number of carbonyl (C=O) groups is 1. The first-order valence-electron chi connectivity index (χ1n) is 5.81. The summed E-state index contributed by atoms with van der Waals surface area (Å²) in [6, 6.07) is 5.74. The standard InChI is InChI=1S/C13H16ClNO2/c1-17-13-5-2-9(14)8-11(13)12(16)6-7-15-10-3-4-10/h2,5,8,10,15H,3-4,6-7H2,1H3. The molecule has 1 aliphatic rings. The highest BCUT2D eigenvalue weighted by molar-refractivity contribution is 6.31. The van der Waals surface area contributed by atoms with Gasteiger partial charge < -0.3 is 10.1 Å². The van der Waals surface area contributed by atoms with Crippen LogP contribution < -0.4 is 10.1 Å². The lowest BCUT2D eigenvalue weighted by atomic mass is 10.1. The van der Waals surface area contributed by atoms with Gasteiger partial charge in [-0.1, -0.05) is 11.6 Å². The van der Waals surface area contributed by atoms with Gasteiger partial charge in [0.05, 0.1) is 12.7 Å². The van der Waals surface area contributed by atoms with Gasteiger partial charge >= 0.3 is 0 Å². The zero-order valence-corrected chi connectivity index (χ0v) is 10.6. The summed E-state index contributed by atoms with van der Waals surface area (Å²) >= 11 is 5.89. The molecular formula is C13H16ClNO2. The Hall–Kier alpha value is -1.06. The van der Waals surface area contributed by atoms with Crippen LogP contribution in [0.4, 0.5) is 0 Å². The SMILES string of the molecule is COc1ccc(Cl)cc1C(=O)CCNC1CC1. The molecule has 2 rings (SSSR count). The third kappa shape index (κ3) is 3.45. The number of hydrogen-bond acceptors (Lipinski definition) is 3. The van der Waals surface area contributed by atoms with Crippen LogP contribution in [0.25, 0.3) is 0 Å². The third-order valence-electron chi connectivity index (χ3n) is 2.82. The van der Waals surface area contributed by atoms with E-state index in [1.54, 1.807) is 25.3 Å². The van der Waals surface area contributed by atoms with Gasteiger partial charge in [0, 0.05) is 24.0 Å². The highest BCUT2D eigenvalue weighted by Gasteiger charge is 2.20. The van der Waals surface area contributed by atoms with E-state index in [1.165, 1.54) is 12.8 Å². The molecule has 3 nitrogen and oxygen atoms in total. The van der Waals surface area contributed by atoms with Crippen molar-refractivity contribution in [1.29, 1.82) is 0 Å². The number of carbonyl (C=O) groups excluding carboxylic acids is 1. The van der Waals surface area contributed by atoms with Gasteiger partial charge in [-0.3, -0.25) is 4.79 Å². The van der Waals surface area contributed by atoms with Crippen LogP contribution in [0, 0.1) is 0 Å². The van der Waals surface area contributed by atoms with Crippen LogP contribution in [-0.4, -0.2) is 25.5 Å². The number of ketones is 1. The quantitative estimate of drug-likeness (QED) is 0.793. The molecule has 1 saturated carbocycles. The Kier molecular flexibility index (Phi) is 4.02. The maximum Gasteiger partial charge on any atom is 0.167 e. The summed E-state index contributed by atoms with van der Waals surface area (Å²) in [6.45, 7) is 0.721. The normalized spacial score (nSPS) is 14.7. The van der Waals surface area contributed by atoms with Gasteiger partial charge in [-0.15, -0.1) is 0 Å². The molecule has 0 amide bonds. The van der Waals surface area contributed by atoms with Crippen molar-refractivity contribution >= 4 is 17.4 Å². The second-order valence-electron chi connectivity index (χ2n) is 4.25. The highest BCUT2D eigenvalue weighted by Crippen LogP contribution is 2.24. The molecule has 0 spiro atoms. The second-order valence-corrected chi connectivity index (χ2v) is 4.68. The molecule has 17 heavy (non-hydrogen) atoms. The topological polar surface area (TPSA) is 38.3 Å². The second kappa shape index (κ2) is 5.52. The number of hydrogen-bond donors (Lipinski definition) is 1. The summed E-state index contributed by atoms with van der Waals surface area (Å²) in [7, 11) is 1.56. The Morgan fingerprint density at radius 1 is 1.53 bits per heavy atom. The molecule has 0 unspecified atom stereocenters. The van der Waals surface area contributed by atoms with Crippen LogP contribution in [0.15, 0.2) is 18.2 Å². The number of halogens is 1. The van der Waals surface area contributed by atoms with E-state index in [0.29, 0.717) is 28.8 Å². The van der Waals surface area contributed by atoms with Gasteiger partial charge in [-0.2, -0.15) is 0 Å². The van der Waals surface area contributed by atoms with E-state index >= 15 is 0 Å². The molecule has 0 heterocycles. The van der Waals surface area contributed by atoms with E-state index < -0.39 is 0 Å². The first-order chi connectivity index (χ1) is 8.20. The molecule has 1 aliphatic carbocycles. The molecule has 0 aliphatic heterocycles. The number of ether oxygens (including phenoxy) is 1. The molecule has 0 atom stereocenters. The molecule has 1 aromatic carbocycles. The number of nitrogens with one attached hydrogen (secondary N) is 1. The molecule has 0 bridgehead atoms. The lowest BCUT2D eigenvalue weighted by molar-refractivity contribution is 0.0979. The number of benzene rings is 1. The number of methoxy groups -OCH3 is 1. The minimum Gasteiger partial charge on any atom is -0.496 e. The smallest absolute Gasteiger partial charge is 0.167 e. The average molecular weight is 254 g/mol. The fourth-order valence-electron chi connectivity index (χ4n) is 1.71. The molecule has 0 aromatic heterocycles. The Morgan fingerprint density at radius 2 is 2.29 bits per heavy atom. The van der Waals surface area contributed by atoms with E-state index in [2.05, 4.69) is 5.32 Å². The Morgan fingerprint density at radius 3 is 2.94 bits per heavy atom. The molecule has 0 saturated heterocycles. The number of rotatable bonds is 6. The minimum atomic E-state index is 0.0671. The predicted molar refractivity (Wildman–Crippen MR) is 68.0 cm³/mol. The molecular weight excluding hydrogens is 238 g/mol. The summed E-state index contributed by atoms with van der Waals surface area (Å²) in [5.41, 5.74) is 0.567. The summed E-state index contributed by atoms with van der Waals surface area (Å²) in [6.07, 6.45) is 2.94. The van der Waals surface area contributed by atoms with Gasteiger partial charge in [0.1, 0.15) is 5.75 Å². The summed E-state index contributed by atoms with van der Waals surface area (Å²) in [5.74, 6) is 0.656. The molecule has 0 radical (unpaired) electrons. The lowest BCUT2D eigenvalue weighted by Crippen LogP contribution is -2.20. The fraction of sp³-hybridized carbons (Fsp3) is 0.462. The van der Waals surface area contributed by atoms with Crippen molar-refractivity contribution in [3.8, 4) is 5.75 Å². The van der Waals surface area contributed by atoms with Crippen molar-refractivity contribution in [2.45, 2.75) is 25.3 Å². The Balaban J connectivity index is 1.98. The maximum atomic E-state index is 12.0. The molecule has 1 N–H and O–H groups in total. The van der Waals surface area contributed by atoms with Crippen molar-refractivity contribution in [3.05, 3.63) is 28.8 Å². The highest BCUT2D eigenvalue weighted by atomic mass is 35.5. The van der Waals surface area contributed by atoms with Crippen molar-refractivity contribution in [3.63, 3.8) is 0 Å². The van der Waals surface area contributed by atoms with Gasteiger partial charge in [-0.25, -0.2) is 0 Å². The van der Waals surface area contributed by atoms with E-state index in [0.717, 1.165) is 6.54 Å². The summed E-state index contributed by atoms with van der Waals surface area (Å²) in [4.78, 5) is 12.0. The largest absolute Gasteiger partial charge is 0.496 e. The van der Waals surface area contributed by atoms with Crippen LogP contribution in [0.5, 0.6) is 5.75 Å². The lowest BCUT2D eigenvalue weighted by Gasteiger charge is -2.08. The first-order valence-corrected chi connectivity index (χ1v) is 6.18. The van der Waals surface area contributed by atoms with Gasteiger partial charge in [0.15, 0.2) is 5.78 Å². The van der Waals surface area contributed by atoms with Crippen molar-refractivity contribution < 1.29 is 9.53 Å². The monoisotopic (exact) mass is 253 g/mol. The van der Waals surface area contributed by atoms with Crippen LogP contribution in [0.2, 0.25) is 5.02 Å². The van der Waals surface area contributed by atoms with Gasteiger partial charge in [-0.05, 0) is 31.0 Å². The van der Waals surface area contributed by atoms with E-state index in [9.17, 15) is 4.79 Å². The van der Waals surface area contributed by atoms with E-state index in [4.69, 9.17) is 16.3 Å². The molecule has 1 aromatic rings. The van der Waals surface area contributed by atoms with Crippen LogP contribution >= 0.6 is 11.6 Å². The zero-order valence-electron chi connectivity index (χ0n) is 9.83. The Labute approximate surface area is 106 Å². The summed E-state index contributed by atoms with van der Waals surface area (Å²) < 4.78 is 5.16. The van der Waals surface area contributed by atoms with Gasteiger partial charge in [0.25, 0.3) is 0 Å². The van der Waals surface area contributed by atoms with Crippen LogP contribution in [0.1, 0.15) is 29.6 Å². The third-order valence-corrected chi connectivity index (χ3v) is 3.06. The predicted octanol–water partition coefficient (Wildman–Crippen LogP) is 2.67. The molecule has 1 fully saturated rings. The van der Waals surface area contributed by atoms with Crippen molar-refractivity contribution in [1.82, 2.24) is 5.32 Å². The minimum absolute atomic E-state index is 0.0671. The van der Waals surface area contributed by atoms with E-state index in [1.807, 2.05) is 0 Å². The average Bonchev–Trinajstić information content (AvgIpc) is 3.13. The Bertz CT molecular complexity index is 416. The van der Waals surface area contributed by atoms with Crippen molar-refractivity contribution in [2.24, 2.45) is 0 Å². The molecule has 92 valence electrons. The first kappa shape index (κ1) is 12.4. The van der Waals surface area contributed by atoms with Gasteiger partial charge in [0.2, 0.25) is 0 Å². The van der Waals surface area contributed by atoms with Crippen LogP contribution in [-0.2, 0) is 0 Å². The maximum absolute atomic E-state index is 12.0. The summed E-state index contributed by atoms with van der Waals surface area (Å²) in [5, 5.41) is 3.87. The van der Waals surface area contributed by atoms with E-state index in [-0.39, 0.29) is 5.78 Å². The fourth-order valence-corrected chi connectivity index (χ4v) is 1.88. The van der Waals surface area contributed by atoms with Crippen LogP contribution in [0.3, 0.4) is 0 Å². The zero-order chi connectivity index (χ0) is 12.3. The number of Topliss-reactive ketones (excluding diaryl/α,β-unsaturated/α-hetero) is 1. The molecule has 4 heteroatoms.